The Morgan fingerprint density at radius 1 is 1.65 bits per heavy atom. The lowest BCUT2D eigenvalue weighted by Crippen LogP contribution is -2.42. The molecule has 0 aliphatic carbocycles. The van der Waals surface area contributed by atoms with Gasteiger partial charge in [0.25, 0.3) is 0 Å². The van der Waals surface area contributed by atoms with Crippen LogP contribution in [0.5, 0.6) is 0 Å². The molecule has 0 bridgehead atoms. The summed E-state index contributed by atoms with van der Waals surface area (Å²) in [5.74, 6) is -0.113. The maximum atomic E-state index is 12.3. The van der Waals surface area contributed by atoms with Gasteiger partial charge in [-0.2, -0.15) is 0 Å². The van der Waals surface area contributed by atoms with Crippen molar-refractivity contribution in [2.75, 3.05) is 20.3 Å². The maximum Gasteiger partial charge on any atom is 0.229 e. The molecule has 0 radical (unpaired) electrons. The summed E-state index contributed by atoms with van der Waals surface area (Å²) < 4.78 is 5.24. The first kappa shape index (κ1) is 12.5. The molecule has 0 aromatic carbocycles. The zero-order chi connectivity index (χ0) is 12.4. The highest BCUT2D eigenvalue weighted by molar-refractivity contribution is 7.10. The standard InChI is InChI=1S/C12H18N2O2S/c1-8(11-4-3-5-17-11)14(2)12(15)9-6-16-7-10(9)13/h3-5,8-10H,6-7,13H2,1-2H3. The van der Waals surface area contributed by atoms with E-state index < -0.39 is 0 Å². The van der Waals surface area contributed by atoms with Crippen molar-refractivity contribution in [3.63, 3.8) is 0 Å². The summed E-state index contributed by atoms with van der Waals surface area (Å²) in [7, 11) is 1.83. The van der Waals surface area contributed by atoms with E-state index in [2.05, 4.69) is 0 Å². The quantitative estimate of drug-likeness (QED) is 0.883. The van der Waals surface area contributed by atoms with Crippen LogP contribution in [0.2, 0.25) is 0 Å². The lowest BCUT2D eigenvalue weighted by Gasteiger charge is -2.27. The van der Waals surface area contributed by atoms with Crippen LogP contribution >= 0.6 is 11.3 Å². The fourth-order valence-electron chi connectivity index (χ4n) is 2.00. The Morgan fingerprint density at radius 3 is 2.94 bits per heavy atom. The van der Waals surface area contributed by atoms with E-state index in [0.29, 0.717) is 13.2 Å². The first-order valence-electron chi connectivity index (χ1n) is 5.74. The highest BCUT2D eigenvalue weighted by atomic mass is 32.1. The summed E-state index contributed by atoms with van der Waals surface area (Å²) in [6.07, 6.45) is 0. The van der Waals surface area contributed by atoms with Crippen molar-refractivity contribution in [2.45, 2.75) is 19.0 Å². The smallest absolute Gasteiger partial charge is 0.229 e. The van der Waals surface area contributed by atoms with Crippen LogP contribution in [0.4, 0.5) is 0 Å². The van der Waals surface area contributed by atoms with E-state index >= 15 is 0 Å². The Hall–Kier alpha value is -0.910. The van der Waals surface area contributed by atoms with Crippen molar-refractivity contribution in [2.24, 2.45) is 11.7 Å². The summed E-state index contributed by atoms with van der Waals surface area (Å²) in [5.41, 5.74) is 5.87. The minimum atomic E-state index is -0.192. The minimum absolute atomic E-state index is 0.0795. The third kappa shape index (κ3) is 2.51. The molecule has 1 amide bonds. The summed E-state index contributed by atoms with van der Waals surface area (Å²) in [4.78, 5) is 15.2. The number of ether oxygens (including phenoxy) is 1. The van der Waals surface area contributed by atoms with Gasteiger partial charge < -0.3 is 15.4 Å². The molecule has 1 aliphatic heterocycles. The summed E-state index contributed by atoms with van der Waals surface area (Å²) in [6, 6.07) is 3.97. The largest absolute Gasteiger partial charge is 0.379 e. The Balaban J connectivity index is 2.04. The fraction of sp³-hybridized carbons (Fsp3) is 0.583. The molecule has 3 unspecified atom stereocenters. The molecule has 4 nitrogen and oxygen atoms in total. The Bertz CT molecular complexity index is 380. The van der Waals surface area contributed by atoms with Crippen LogP contribution in [-0.2, 0) is 9.53 Å². The van der Waals surface area contributed by atoms with Crippen molar-refractivity contribution < 1.29 is 9.53 Å². The molecule has 5 heteroatoms. The second-order valence-corrected chi connectivity index (χ2v) is 5.43. The van der Waals surface area contributed by atoms with Gasteiger partial charge in [-0.1, -0.05) is 6.07 Å². The van der Waals surface area contributed by atoms with Crippen LogP contribution in [0.15, 0.2) is 17.5 Å². The van der Waals surface area contributed by atoms with Gasteiger partial charge in [0.15, 0.2) is 0 Å². The highest BCUT2D eigenvalue weighted by Crippen LogP contribution is 2.26. The van der Waals surface area contributed by atoms with Gasteiger partial charge in [-0.25, -0.2) is 0 Å². The van der Waals surface area contributed by atoms with Gasteiger partial charge in [0.1, 0.15) is 0 Å². The van der Waals surface area contributed by atoms with E-state index in [0.717, 1.165) is 0 Å². The Labute approximate surface area is 105 Å². The molecule has 2 rings (SSSR count). The Morgan fingerprint density at radius 2 is 2.41 bits per heavy atom. The average molecular weight is 254 g/mol. The Kier molecular flexibility index (Phi) is 3.81. The lowest BCUT2D eigenvalue weighted by molar-refractivity contribution is -0.136. The van der Waals surface area contributed by atoms with E-state index in [-0.39, 0.29) is 23.9 Å². The third-order valence-electron chi connectivity index (χ3n) is 3.33. The first-order valence-corrected chi connectivity index (χ1v) is 6.62. The maximum absolute atomic E-state index is 12.3. The van der Waals surface area contributed by atoms with Crippen LogP contribution in [0.25, 0.3) is 0 Å². The van der Waals surface area contributed by atoms with Crippen molar-refractivity contribution in [1.82, 2.24) is 4.90 Å². The van der Waals surface area contributed by atoms with Crippen molar-refractivity contribution in [1.29, 1.82) is 0 Å². The molecule has 1 aliphatic rings. The highest BCUT2D eigenvalue weighted by Gasteiger charge is 2.34. The van der Waals surface area contributed by atoms with Gasteiger partial charge >= 0.3 is 0 Å². The number of amides is 1. The molecule has 2 N–H and O–H groups in total. The predicted octanol–water partition coefficient (Wildman–Crippen LogP) is 1.24. The number of thiophene rings is 1. The zero-order valence-corrected chi connectivity index (χ0v) is 10.9. The first-order chi connectivity index (χ1) is 8.11. The van der Waals surface area contributed by atoms with Gasteiger partial charge in [-0.15, -0.1) is 11.3 Å². The van der Waals surface area contributed by atoms with Crippen molar-refractivity contribution in [3.05, 3.63) is 22.4 Å². The molecule has 3 atom stereocenters. The van der Waals surface area contributed by atoms with Gasteiger partial charge in [0, 0.05) is 18.0 Å². The van der Waals surface area contributed by atoms with E-state index in [1.54, 1.807) is 16.2 Å². The van der Waals surface area contributed by atoms with Gasteiger partial charge in [0.2, 0.25) is 5.91 Å². The number of rotatable bonds is 3. The normalized spacial score (nSPS) is 25.8. The molecular formula is C12H18N2O2S. The SMILES string of the molecule is CC(c1cccs1)N(C)C(=O)C1COCC1N. The van der Waals surface area contributed by atoms with Crippen LogP contribution in [0, 0.1) is 5.92 Å². The predicted molar refractivity (Wildman–Crippen MR) is 67.8 cm³/mol. The van der Waals surface area contributed by atoms with Crippen LogP contribution in [0.3, 0.4) is 0 Å². The molecule has 1 saturated heterocycles. The molecule has 1 aromatic rings. The van der Waals surface area contributed by atoms with Crippen LogP contribution in [0.1, 0.15) is 17.8 Å². The van der Waals surface area contributed by atoms with E-state index in [4.69, 9.17) is 10.5 Å². The number of carbonyl (C=O) groups excluding carboxylic acids is 1. The van der Waals surface area contributed by atoms with E-state index in [1.807, 2.05) is 31.5 Å². The van der Waals surface area contributed by atoms with Gasteiger partial charge in [-0.3, -0.25) is 4.79 Å². The number of hydrogen-bond donors (Lipinski definition) is 1. The summed E-state index contributed by atoms with van der Waals surface area (Å²) in [6.45, 7) is 2.96. The lowest BCUT2D eigenvalue weighted by atomic mass is 10.0. The monoisotopic (exact) mass is 254 g/mol. The molecule has 17 heavy (non-hydrogen) atoms. The number of nitrogens with two attached hydrogens (primary N) is 1. The molecule has 1 fully saturated rings. The van der Waals surface area contributed by atoms with Gasteiger partial charge in [0.05, 0.1) is 25.2 Å². The number of hydrogen-bond acceptors (Lipinski definition) is 4. The fourth-order valence-corrected chi connectivity index (χ4v) is 2.82. The average Bonchev–Trinajstić information content (AvgIpc) is 2.96. The van der Waals surface area contributed by atoms with Gasteiger partial charge in [-0.05, 0) is 18.4 Å². The number of carbonyl (C=O) groups is 1. The zero-order valence-electron chi connectivity index (χ0n) is 10.1. The van der Waals surface area contributed by atoms with Crippen LogP contribution in [-0.4, -0.2) is 37.1 Å². The molecule has 94 valence electrons. The molecule has 1 aromatic heterocycles. The molecular weight excluding hydrogens is 236 g/mol. The molecule has 0 spiro atoms. The third-order valence-corrected chi connectivity index (χ3v) is 4.37. The minimum Gasteiger partial charge on any atom is -0.379 e. The second-order valence-electron chi connectivity index (χ2n) is 4.45. The molecule has 2 heterocycles. The summed E-state index contributed by atoms with van der Waals surface area (Å²) in [5, 5.41) is 2.02. The molecule has 0 saturated carbocycles. The topological polar surface area (TPSA) is 55.6 Å². The number of nitrogens with zero attached hydrogens (tertiary/aromatic N) is 1. The van der Waals surface area contributed by atoms with E-state index in [1.165, 1.54) is 4.88 Å². The summed E-state index contributed by atoms with van der Waals surface area (Å²) >= 11 is 1.66. The second kappa shape index (κ2) is 5.16. The van der Waals surface area contributed by atoms with Crippen molar-refractivity contribution >= 4 is 17.2 Å². The van der Waals surface area contributed by atoms with Crippen molar-refractivity contribution in [3.8, 4) is 0 Å². The van der Waals surface area contributed by atoms with E-state index in [9.17, 15) is 4.79 Å². The van der Waals surface area contributed by atoms with Crippen LogP contribution < -0.4 is 5.73 Å².